The highest BCUT2D eigenvalue weighted by atomic mass is 16.5. The van der Waals surface area contributed by atoms with Crippen molar-refractivity contribution in [3.63, 3.8) is 0 Å². The second-order valence-electron chi connectivity index (χ2n) is 9.57. The van der Waals surface area contributed by atoms with Gasteiger partial charge in [0, 0.05) is 12.6 Å². The first-order valence-corrected chi connectivity index (χ1v) is 11.3. The summed E-state index contributed by atoms with van der Waals surface area (Å²) in [6.07, 6.45) is 3.00. The molecule has 7 heteroatoms. The number of nitrogens with zero attached hydrogens (tertiary/aromatic N) is 1. The summed E-state index contributed by atoms with van der Waals surface area (Å²) in [6.45, 7) is 17.5. The van der Waals surface area contributed by atoms with Crippen LogP contribution in [0.2, 0.25) is 0 Å². The molecule has 7 nitrogen and oxygen atoms in total. The summed E-state index contributed by atoms with van der Waals surface area (Å²) in [7, 11) is 3.49. The van der Waals surface area contributed by atoms with E-state index in [1.165, 1.54) is 0 Å². The lowest BCUT2D eigenvalue weighted by Gasteiger charge is -2.39. The van der Waals surface area contributed by atoms with Gasteiger partial charge >= 0.3 is 5.97 Å². The minimum Gasteiger partial charge on any atom is -0.463 e. The number of ether oxygens (including phenoxy) is 1. The molecule has 0 heterocycles. The fourth-order valence-electron chi connectivity index (χ4n) is 3.63. The van der Waals surface area contributed by atoms with E-state index >= 15 is 0 Å². The standard InChI is InChI=1S/C24H45N3O4/c1-12-24(13-2,25-10)22(30)26-19(23(7,8)9)20(28)27(11)18(16(4)5)15-17(6)21(29)31-14-3/h15-16,18-19,25H,12-14H2,1-11H3,(H,26,30)/b17-15+/t18-,19-/m1/s1. The van der Waals surface area contributed by atoms with E-state index in [1.54, 1.807) is 38.9 Å². The Bertz CT molecular complexity index is 637. The first-order valence-electron chi connectivity index (χ1n) is 11.3. The van der Waals surface area contributed by atoms with Crippen molar-refractivity contribution >= 4 is 17.8 Å². The average Bonchev–Trinajstić information content (AvgIpc) is 2.69. The van der Waals surface area contributed by atoms with Crippen LogP contribution in [0.25, 0.3) is 0 Å². The highest BCUT2D eigenvalue weighted by molar-refractivity contribution is 5.93. The fourth-order valence-corrected chi connectivity index (χ4v) is 3.63. The largest absolute Gasteiger partial charge is 0.463 e. The van der Waals surface area contributed by atoms with E-state index in [9.17, 15) is 14.4 Å². The predicted molar refractivity (Wildman–Crippen MR) is 126 cm³/mol. The third-order valence-corrected chi connectivity index (χ3v) is 6.00. The second kappa shape index (κ2) is 12.2. The molecule has 0 bridgehead atoms. The summed E-state index contributed by atoms with van der Waals surface area (Å²) in [6, 6.07) is -1.03. The monoisotopic (exact) mass is 439 g/mol. The number of hydrogen-bond acceptors (Lipinski definition) is 5. The molecule has 0 rings (SSSR count). The van der Waals surface area contributed by atoms with Crippen molar-refractivity contribution in [1.29, 1.82) is 0 Å². The number of nitrogens with one attached hydrogen (secondary N) is 2. The Balaban J connectivity index is 5.97. The van der Waals surface area contributed by atoms with Crippen LogP contribution in [0, 0.1) is 11.3 Å². The summed E-state index contributed by atoms with van der Waals surface area (Å²) in [5.41, 5.74) is -0.758. The average molecular weight is 440 g/mol. The van der Waals surface area contributed by atoms with E-state index in [-0.39, 0.29) is 29.7 Å². The Labute approximate surface area is 189 Å². The van der Waals surface area contributed by atoms with Gasteiger partial charge in [-0.3, -0.25) is 9.59 Å². The molecule has 0 aromatic rings. The van der Waals surface area contributed by atoms with Gasteiger partial charge in [0.15, 0.2) is 0 Å². The van der Waals surface area contributed by atoms with Crippen molar-refractivity contribution in [3.8, 4) is 0 Å². The van der Waals surface area contributed by atoms with Crippen LogP contribution in [-0.2, 0) is 19.1 Å². The maximum Gasteiger partial charge on any atom is 0.333 e. The topological polar surface area (TPSA) is 87.7 Å². The van der Waals surface area contributed by atoms with Crippen molar-refractivity contribution in [2.45, 2.75) is 92.8 Å². The molecule has 0 aliphatic heterocycles. The number of likely N-dealkylation sites (N-methyl/N-ethyl adjacent to an activating group) is 2. The van der Waals surface area contributed by atoms with Gasteiger partial charge in [-0.25, -0.2) is 4.79 Å². The summed E-state index contributed by atoms with van der Waals surface area (Å²) in [4.78, 5) is 40.5. The number of carbonyl (C=O) groups excluding carboxylic acids is 3. The molecule has 0 aromatic carbocycles. The molecule has 0 saturated heterocycles. The molecule has 0 fully saturated rings. The molecule has 2 atom stereocenters. The minimum atomic E-state index is -0.722. The van der Waals surface area contributed by atoms with Gasteiger partial charge in [-0.05, 0) is 45.1 Å². The SMILES string of the molecule is CCOC(=O)/C(C)=C/[C@H](C(C)C)N(C)C(=O)[C@@H](NC(=O)C(CC)(CC)NC)C(C)(C)C. The zero-order chi connectivity index (χ0) is 24.6. The molecule has 2 N–H and O–H groups in total. The predicted octanol–water partition coefficient (Wildman–Crippen LogP) is 3.29. The second-order valence-corrected chi connectivity index (χ2v) is 9.57. The number of amides is 2. The summed E-state index contributed by atoms with van der Waals surface area (Å²) in [5.74, 6) is -0.692. The van der Waals surface area contributed by atoms with Crippen LogP contribution in [-0.4, -0.2) is 61.0 Å². The van der Waals surface area contributed by atoms with Crippen molar-refractivity contribution in [1.82, 2.24) is 15.5 Å². The molecule has 0 aliphatic carbocycles. The zero-order valence-electron chi connectivity index (χ0n) is 21.5. The molecule has 0 aromatic heterocycles. The first-order chi connectivity index (χ1) is 14.2. The van der Waals surface area contributed by atoms with Gasteiger partial charge in [0.1, 0.15) is 6.04 Å². The van der Waals surface area contributed by atoms with Crippen molar-refractivity contribution in [2.75, 3.05) is 20.7 Å². The lowest BCUT2D eigenvalue weighted by atomic mass is 9.83. The Hall–Kier alpha value is -1.89. The van der Waals surface area contributed by atoms with Crippen molar-refractivity contribution < 1.29 is 19.1 Å². The molecule has 0 saturated carbocycles. The molecule has 180 valence electrons. The maximum absolute atomic E-state index is 13.6. The van der Waals surface area contributed by atoms with Gasteiger partial charge in [0.05, 0.1) is 18.2 Å². The molecular weight excluding hydrogens is 394 g/mol. The first kappa shape index (κ1) is 29.1. The van der Waals surface area contributed by atoms with E-state index in [2.05, 4.69) is 10.6 Å². The third kappa shape index (κ3) is 7.63. The highest BCUT2D eigenvalue weighted by Crippen LogP contribution is 2.25. The van der Waals surface area contributed by atoms with E-state index in [1.807, 2.05) is 48.5 Å². The maximum atomic E-state index is 13.6. The Morgan fingerprint density at radius 1 is 1.06 bits per heavy atom. The number of hydrogen-bond donors (Lipinski definition) is 2. The van der Waals surface area contributed by atoms with Gasteiger partial charge < -0.3 is 20.3 Å². The van der Waals surface area contributed by atoms with E-state index in [4.69, 9.17) is 4.74 Å². The van der Waals surface area contributed by atoms with E-state index in [0.29, 0.717) is 25.0 Å². The Morgan fingerprint density at radius 2 is 1.58 bits per heavy atom. The van der Waals surface area contributed by atoms with E-state index in [0.717, 1.165) is 0 Å². The molecule has 0 radical (unpaired) electrons. The molecule has 0 aliphatic rings. The normalized spacial score (nSPS) is 14.8. The molecule has 0 spiro atoms. The van der Waals surface area contributed by atoms with Crippen LogP contribution in [0.5, 0.6) is 0 Å². The van der Waals surface area contributed by atoms with Crippen LogP contribution < -0.4 is 10.6 Å². The lowest BCUT2D eigenvalue weighted by molar-refractivity contribution is -0.142. The fraction of sp³-hybridized carbons (Fsp3) is 0.792. The summed E-state index contributed by atoms with van der Waals surface area (Å²) < 4.78 is 5.08. The molecular formula is C24H45N3O4. The Morgan fingerprint density at radius 3 is 1.94 bits per heavy atom. The lowest BCUT2D eigenvalue weighted by Crippen LogP contribution is -2.62. The number of carbonyl (C=O) groups is 3. The van der Waals surface area contributed by atoms with Gasteiger partial charge in [0.2, 0.25) is 11.8 Å². The summed E-state index contributed by atoms with van der Waals surface area (Å²) >= 11 is 0. The van der Waals surface area contributed by atoms with Crippen LogP contribution >= 0.6 is 0 Å². The quantitative estimate of drug-likeness (QED) is 0.381. The van der Waals surface area contributed by atoms with Gasteiger partial charge in [-0.15, -0.1) is 0 Å². The van der Waals surface area contributed by atoms with E-state index < -0.39 is 17.0 Å². The third-order valence-electron chi connectivity index (χ3n) is 6.00. The van der Waals surface area contributed by atoms with Gasteiger partial charge in [-0.2, -0.15) is 0 Å². The number of esters is 1. The smallest absolute Gasteiger partial charge is 0.333 e. The van der Waals surface area contributed by atoms with Crippen LogP contribution in [0.3, 0.4) is 0 Å². The van der Waals surface area contributed by atoms with Crippen LogP contribution in [0.1, 0.15) is 75.2 Å². The van der Waals surface area contributed by atoms with Gasteiger partial charge in [0.25, 0.3) is 0 Å². The number of rotatable bonds is 11. The van der Waals surface area contributed by atoms with Crippen molar-refractivity contribution in [2.24, 2.45) is 11.3 Å². The molecule has 2 amide bonds. The highest BCUT2D eigenvalue weighted by Gasteiger charge is 2.41. The molecule has 31 heavy (non-hydrogen) atoms. The van der Waals surface area contributed by atoms with Crippen molar-refractivity contribution in [3.05, 3.63) is 11.6 Å². The molecule has 0 unspecified atom stereocenters. The zero-order valence-corrected chi connectivity index (χ0v) is 21.5. The van der Waals surface area contributed by atoms with Crippen LogP contribution in [0.4, 0.5) is 0 Å². The Kier molecular flexibility index (Phi) is 11.5. The minimum absolute atomic E-state index is 0.0670. The van der Waals surface area contributed by atoms with Crippen LogP contribution in [0.15, 0.2) is 11.6 Å². The summed E-state index contributed by atoms with van der Waals surface area (Å²) in [5, 5.41) is 6.15. The van der Waals surface area contributed by atoms with Gasteiger partial charge in [-0.1, -0.05) is 54.5 Å².